The number of hydrogen-bond acceptors (Lipinski definition) is 3. The Morgan fingerprint density at radius 1 is 1.00 bits per heavy atom. The Balaban J connectivity index is -0.000000149. The molecule has 0 aromatic carbocycles. The summed E-state index contributed by atoms with van der Waals surface area (Å²) in [7, 11) is -2.51. The summed E-state index contributed by atoms with van der Waals surface area (Å²) in [4.78, 5) is 7.06. The zero-order chi connectivity index (χ0) is 7.70. The molecule has 0 aliphatic heterocycles. The smallest absolute Gasteiger partial charge is 0.521 e. The van der Waals surface area contributed by atoms with E-state index in [4.69, 9.17) is 0 Å². The predicted octanol–water partition coefficient (Wildman–Crippen LogP) is -1.72. The van der Waals surface area contributed by atoms with Crippen LogP contribution >= 0.6 is 0 Å². The first kappa shape index (κ1) is 17.3. The molecule has 0 atom stereocenters. The van der Waals surface area contributed by atoms with Crippen molar-refractivity contribution in [2.24, 2.45) is 0 Å². The largest absolute Gasteiger partial charge is 1.00 e. The monoisotopic (exact) mass is 182 g/mol. The van der Waals surface area contributed by atoms with E-state index in [1.165, 1.54) is 0 Å². The van der Waals surface area contributed by atoms with Gasteiger partial charge in [-0.3, -0.25) is 6.58 Å². The Morgan fingerprint density at radius 3 is 1.20 bits per heavy atom. The number of hydrogen-bond donors (Lipinski definition) is 0. The first-order valence-electron chi connectivity index (χ1n) is 1.58. The van der Waals surface area contributed by atoms with Crippen molar-refractivity contribution in [1.29, 1.82) is 0 Å². The minimum atomic E-state index is -2.51. The Bertz CT molecular complexity index is 51.5. The van der Waals surface area contributed by atoms with Gasteiger partial charge in [0.1, 0.15) is 0 Å². The number of halogens is 3. The van der Waals surface area contributed by atoms with E-state index in [-0.39, 0.29) is 51.4 Å². The summed E-state index contributed by atoms with van der Waals surface area (Å²) in [6.45, 7) is 7.00. The summed E-state index contributed by atoms with van der Waals surface area (Å²) >= 11 is 0. The van der Waals surface area contributed by atoms with Crippen molar-refractivity contribution in [3.8, 4) is 0 Å². The molecule has 0 unspecified atom stereocenters. The van der Waals surface area contributed by atoms with Crippen molar-refractivity contribution in [3.05, 3.63) is 13.2 Å². The Morgan fingerprint density at radius 2 is 1.20 bits per heavy atom. The summed E-state index contributed by atoms with van der Waals surface area (Å²) < 4.78 is 31.3. The molecule has 0 bridgehead atoms. The van der Waals surface area contributed by atoms with Crippen LogP contribution in [0, 0.1) is 6.58 Å². The molecule has 0 aliphatic rings. The summed E-state index contributed by atoms with van der Waals surface area (Å²) in [5, 5.41) is 0. The maximum absolute atomic E-state index is 10.4. The molecule has 0 saturated carbocycles. The standard InChI is InChI=1S/C2H3.BF3O3.K/c1-2;2-5-1(6-3)7-4;/h1H,2H2;;/q-1;;+1. The van der Waals surface area contributed by atoms with Crippen LogP contribution in [0.15, 0.2) is 6.58 Å². The van der Waals surface area contributed by atoms with Gasteiger partial charge < -0.3 is 6.58 Å². The quantitative estimate of drug-likeness (QED) is 0.384. The van der Waals surface area contributed by atoms with Crippen LogP contribution in [0.4, 0.5) is 13.6 Å². The van der Waals surface area contributed by atoms with Crippen LogP contribution in [0.1, 0.15) is 0 Å². The minimum absolute atomic E-state index is 0. The van der Waals surface area contributed by atoms with Crippen LogP contribution in [0.25, 0.3) is 0 Å². The van der Waals surface area contributed by atoms with Crippen LogP contribution in [-0.4, -0.2) is 7.32 Å². The molecule has 0 radical (unpaired) electrons. The van der Waals surface area contributed by atoms with Crippen LogP contribution < -0.4 is 51.4 Å². The second-order valence-corrected chi connectivity index (χ2v) is 0.556. The Labute approximate surface area is 98.8 Å². The molecule has 0 aromatic rings. The molecule has 3 nitrogen and oxygen atoms in total. The minimum Gasteiger partial charge on any atom is -0.521 e. The van der Waals surface area contributed by atoms with Gasteiger partial charge in [0, 0.05) is 0 Å². The molecular weight excluding hydrogens is 179 g/mol. The molecule has 0 fully saturated rings. The third-order valence-electron chi connectivity index (χ3n) is 0.218. The van der Waals surface area contributed by atoms with E-state index >= 15 is 0 Å². The normalized spacial score (nSPS) is 6.70. The first-order valence-corrected chi connectivity index (χ1v) is 1.58. The van der Waals surface area contributed by atoms with Gasteiger partial charge in [-0.2, -0.15) is 14.6 Å². The van der Waals surface area contributed by atoms with E-state index in [2.05, 4.69) is 27.7 Å². The molecule has 0 aromatic heterocycles. The van der Waals surface area contributed by atoms with E-state index in [1.807, 2.05) is 0 Å². The van der Waals surface area contributed by atoms with Crippen molar-refractivity contribution in [2.45, 2.75) is 0 Å². The van der Waals surface area contributed by atoms with Crippen molar-refractivity contribution in [3.63, 3.8) is 0 Å². The maximum atomic E-state index is 10.4. The van der Waals surface area contributed by atoms with Crippen molar-refractivity contribution < 1.29 is 79.5 Å². The molecule has 0 aliphatic carbocycles. The zero-order valence-corrected chi connectivity index (χ0v) is 8.34. The van der Waals surface area contributed by atoms with Crippen molar-refractivity contribution in [1.82, 2.24) is 0 Å². The Hall–Kier alpha value is 1.11. The van der Waals surface area contributed by atoms with E-state index in [9.17, 15) is 13.6 Å². The average molecular weight is 182 g/mol. The third kappa shape index (κ3) is 11.9. The van der Waals surface area contributed by atoms with Crippen LogP contribution in [0.2, 0.25) is 0 Å². The van der Waals surface area contributed by atoms with Gasteiger partial charge in [-0.15, -0.1) is 0 Å². The first-order chi connectivity index (χ1) is 4.35. The third-order valence-corrected chi connectivity index (χ3v) is 0.218. The van der Waals surface area contributed by atoms with E-state index in [0.29, 0.717) is 0 Å². The van der Waals surface area contributed by atoms with Gasteiger partial charge in [0.2, 0.25) is 0 Å². The summed E-state index contributed by atoms with van der Waals surface area (Å²) in [5.74, 6) is 0. The fourth-order valence-electron chi connectivity index (χ4n) is 0.0412. The summed E-state index contributed by atoms with van der Waals surface area (Å²) in [6, 6.07) is 0. The van der Waals surface area contributed by atoms with Gasteiger partial charge in [0.25, 0.3) is 0 Å². The van der Waals surface area contributed by atoms with Gasteiger partial charge in [0.05, 0.1) is 0 Å². The van der Waals surface area contributed by atoms with Gasteiger partial charge in [-0.25, -0.2) is 0 Å². The molecule has 0 rings (SSSR count). The molecule has 0 amide bonds. The molecule has 0 saturated heterocycles. The molecule has 10 heavy (non-hydrogen) atoms. The molecule has 54 valence electrons. The zero-order valence-electron chi connectivity index (χ0n) is 5.22. The molecule has 8 heteroatoms. The SMILES string of the molecule is FOB(OF)OF.[CH-]=C.[K+]. The van der Waals surface area contributed by atoms with Crippen LogP contribution in [-0.2, 0) is 14.6 Å². The second kappa shape index (κ2) is 16.6. The molecule has 0 spiro atoms. The molecule has 0 N–H and O–H groups in total. The molecule has 0 heterocycles. The summed E-state index contributed by atoms with van der Waals surface area (Å²) in [5.41, 5.74) is 0. The Kier molecular flexibility index (Phi) is 28.7. The van der Waals surface area contributed by atoms with Gasteiger partial charge in [0.15, 0.2) is 0 Å². The fourth-order valence-corrected chi connectivity index (χ4v) is 0.0412. The van der Waals surface area contributed by atoms with E-state index in [1.54, 1.807) is 0 Å². The molecular formula is C2H3BF3KO3. The van der Waals surface area contributed by atoms with Gasteiger partial charge in [-0.05, 0) is 0 Å². The van der Waals surface area contributed by atoms with E-state index in [0.717, 1.165) is 0 Å². The fraction of sp³-hybridized carbons (Fsp3) is 0. The van der Waals surface area contributed by atoms with Gasteiger partial charge >= 0.3 is 58.7 Å². The average Bonchev–Trinajstić information content (AvgIpc) is 1.96. The second-order valence-electron chi connectivity index (χ2n) is 0.556. The maximum Gasteiger partial charge on any atom is 1.00 e. The van der Waals surface area contributed by atoms with Crippen LogP contribution in [0.3, 0.4) is 0 Å². The number of rotatable bonds is 3. The topological polar surface area (TPSA) is 27.7 Å². The van der Waals surface area contributed by atoms with Gasteiger partial charge in [-0.1, -0.05) is 13.6 Å². The van der Waals surface area contributed by atoms with Crippen molar-refractivity contribution >= 4 is 7.32 Å². The predicted molar refractivity (Wildman–Crippen MR) is 22.3 cm³/mol. The van der Waals surface area contributed by atoms with Crippen LogP contribution in [0.5, 0.6) is 0 Å². The summed E-state index contributed by atoms with van der Waals surface area (Å²) in [6.07, 6.45) is 0. The van der Waals surface area contributed by atoms with Crippen molar-refractivity contribution in [2.75, 3.05) is 0 Å². The van der Waals surface area contributed by atoms with E-state index < -0.39 is 7.32 Å².